The van der Waals surface area contributed by atoms with Crippen LogP contribution in [0.25, 0.3) is 12.2 Å². The van der Waals surface area contributed by atoms with E-state index >= 15 is 0 Å². The molecule has 72 valence electrons. The van der Waals surface area contributed by atoms with Gasteiger partial charge in [0.2, 0.25) is 0 Å². The van der Waals surface area contributed by atoms with Crippen molar-refractivity contribution < 1.29 is 0 Å². The summed E-state index contributed by atoms with van der Waals surface area (Å²) >= 11 is 0. The fraction of sp³-hybridized carbons (Fsp3) is 0.0714. The summed E-state index contributed by atoms with van der Waals surface area (Å²) in [5.74, 6) is 0. The van der Waals surface area contributed by atoms with Crippen LogP contribution in [0, 0.1) is 0 Å². The molecule has 0 radical (unpaired) electrons. The molecular formula is C14H11N. The van der Waals surface area contributed by atoms with Gasteiger partial charge in [-0.05, 0) is 34.7 Å². The third-order valence-corrected chi connectivity index (χ3v) is 2.82. The van der Waals surface area contributed by atoms with Crippen LogP contribution in [0.1, 0.15) is 22.3 Å². The molecule has 0 atom stereocenters. The van der Waals surface area contributed by atoms with Crippen LogP contribution in [0.5, 0.6) is 0 Å². The van der Waals surface area contributed by atoms with Crippen LogP contribution in [0.4, 0.5) is 0 Å². The molecule has 0 saturated heterocycles. The predicted octanol–water partition coefficient (Wildman–Crippen LogP) is 3.16. The Morgan fingerprint density at radius 1 is 0.867 bits per heavy atom. The van der Waals surface area contributed by atoms with Crippen molar-refractivity contribution in [3.8, 4) is 0 Å². The maximum Gasteiger partial charge on any atom is 0.0343 e. The highest BCUT2D eigenvalue weighted by molar-refractivity contribution is 5.74. The van der Waals surface area contributed by atoms with Gasteiger partial charge in [0.1, 0.15) is 0 Å². The first-order valence-corrected chi connectivity index (χ1v) is 5.12. The fourth-order valence-electron chi connectivity index (χ4n) is 1.99. The SMILES string of the molecule is C1=Cc2cnccc2Cc2ccccc21. The minimum Gasteiger partial charge on any atom is -0.264 e. The quantitative estimate of drug-likeness (QED) is 0.534. The average Bonchev–Trinajstić information content (AvgIpc) is 2.48. The molecular weight excluding hydrogens is 182 g/mol. The molecule has 0 aliphatic heterocycles. The third kappa shape index (κ3) is 1.46. The van der Waals surface area contributed by atoms with E-state index < -0.39 is 0 Å². The van der Waals surface area contributed by atoms with Gasteiger partial charge >= 0.3 is 0 Å². The Bertz CT molecular complexity index is 479. The lowest BCUT2D eigenvalue weighted by molar-refractivity contribution is 1.15. The number of hydrogen-bond donors (Lipinski definition) is 0. The van der Waals surface area contributed by atoms with Gasteiger partial charge in [-0.25, -0.2) is 0 Å². The van der Waals surface area contributed by atoms with E-state index in [1.165, 1.54) is 22.3 Å². The number of rotatable bonds is 0. The Hall–Kier alpha value is -1.89. The molecule has 2 aromatic rings. The molecule has 1 aliphatic rings. The maximum atomic E-state index is 4.15. The summed E-state index contributed by atoms with van der Waals surface area (Å²) in [4.78, 5) is 4.15. The molecule has 15 heavy (non-hydrogen) atoms. The van der Waals surface area contributed by atoms with Crippen molar-refractivity contribution in [1.29, 1.82) is 0 Å². The second-order valence-corrected chi connectivity index (χ2v) is 3.78. The van der Waals surface area contributed by atoms with E-state index in [2.05, 4.69) is 47.5 Å². The summed E-state index contributed by atoms with van der Waals surface area (Å²) in [5.41, 5.74) is 5.28. The van der Waals surface area contributed by atoms with Crippen LogP contribution in [-0.4, -0.2) is 4.98 Å². The largest absolute Gasteiger partial charge is 0.264 e. The molecule has 1 nitrogen and oxygen atoms in total. The topological polar surface area (TPSA) is 12.9 Å². The van der Waals surface area contributed by atoms with Crippen LogP contribution in [-0.2, 0) is 6.42 Å². The van der Waals surface area contributed by atoms with E-state index in [9.17, 15) is 0 Å². The number of benzene rings is 1. The number of hydrogen-bond acceptors (Lipinski definition) is 1. The van der Waals surface area contributed by atoms with E-state index in [0.717, 1.165) is 6.42 Å². The van der Waals surface area contributed by atoms with Gasteiger partial charge in [0.15, 0.2) is 0 Å². The second kappa shape index (κ2) is 3.35. The van der Waals surface area contributed by atoms with Crippen LogP contribution >= 0.6 is 0 Å². The van der Waals surface area contributed by atoms with Crippen molar-refractivity contribution in [1.82, 2.24) is 4.98 Å². The van der Waals surface area contributed by atoms with Crippen molar-refractivity contribution >= 4 is 12.2 Å². The Morgan fingerprint density at radius 2 is 1.67 bits per heavy atom. The molecule has 0 bridgehead atoms. The van der Waals surface area contributed by atoms with E-state index in [1.54, 1.807) is 0 Å². The van der Waals surface area contributed by atoms with Crippen molar-refractivity contribution in [3.05, 3.63) is 65.0 Å². The highest BCUT2D eigenvalue weighted by atomic mass is 14.6. The second-order valence-electron chi connectivity index (χ2n) is 3.78. The maximum absolute atomic E-state index is 4.15. The molecule has 3 rings (SSSR count). The summed E-state index contributed by atoms with van der Waals surface area (Å²) in [6.07, 6.45) is 9.11. The van der Waals surface area contributed by atoms with E-state index in [4.69, 9.17) is 0 Å². The molecule has 0 amide bonds. The molecule has 1 aromatic carbocycles. The Morgan fingerprint density at radius 3 is 2.67 bits per heavy atom. The standard InChI is InChI=1S/C14H11N/c1-2-4-12-9-13-7-8-15-10-14(13)6-5-11(12)3-1/h1-8,10H,9H2. The highest BCUT2D eigenvalue weighted by Gasteiger charge is 2.07. The van der Waals surface area contributed by atoms with Gasteiger partial charge < -0.3 is 0 Å². The van der Waals surface area contributed by atoms with Gasteiger partial charge in [-0.3, -0.25) is 4.98 Å². The first-order valence-electron chi connectivity index (χ1n) is 5.12. The van der Waals surface area contributed by atoms with E-state index in [-0.39, 0.29) is 0 Å². The van der Waals surface area contributed by atoms with Gasteiger partial charge in [-0.15, -0.1) is 0 Å². The molecule has 0 unspecified atom stereocenters. The van der Waals surface area contributed by atoms with E-state index in [1.807, 2.05) is 12.4 Å². The third-order valence-electron chi connectivity index (χ3n) is 2.82. The molecule has 1 aliphatic carbocycles. The molecule has 1 aromatic heterocycles. The molecule has 0 saturated carbocycles. The molecule has 0 N–H and O–H groups in total. The fourth-order valence-corrected chi connectivity index (χ4v) is 1.99. The van der Waals surface area contributed by atoms with Gasteiger partial charge in [-0.1, -0.05) is 36.4 Å². The lowest BCUT2D eigenvalue weighted by Crippen LogP contribution is -1.91. The number of fused-ring (bicyclic) bond motifs is 2. The van der Waals surface area contributed by atoms with Crippen molar-refractivity contribution in [2.45, 2.75) is 6.42 Å². The molecule has 0 fully saturated rings. The lowest BCUT2D eigenvalue weighted by Gasteiger charge is -2.04. The Labute approximate surface area is 89.1 Å². The zero-order valence-electron chi connectivity index (χ0n) is 8.35. The van der Waals surface area contributed by atoms with Crippen LogP contribution in [0.2, 0.25) is 0 Å². The van der Waals surface area contributed by atoms with Crippen LogP contribution < -0.4 is 0 Å². The van der Waals surface area contributed by atoms with Crippen molar-refractivity contribution in [2.75, 3.05) is 0 Å². The zero-order chi connectivity index (χ0) is 10.1. The Kier molecular flexibility index (Phi) is 1.88. The molecule has 1 heteroatoms. The highest BCUT2D eigenvalue weighted by Crippen LogP contribution is 2.23. The molecule has 0 spiro atoms. The van der Waals surface area contributed by atoms with Gasteiger partial charge in [0.25, 0.3) is 0 Å². The van der Waals surface area contributed by atoms with Crippen molar-refractivity contribution in [2.24, 2.45) is 0 Å². The predicted molar refractivity (Wildman–Crippen MR) is 62.4 cm³/mol. The number of pyridine rings is 1. The number of nitrogens with zero attached hydrogens (tertiary/aromatic N) is 1. The van der Waals surface area contributed by atoms with Crippen LogP contribution in [0.3, 0.4) is 0 Å². The van der Waals surface area contributed by atoms with Crippen LogP contribution in [0.15, 0.2) is 42.7 Å². The number of aromatic nitrogens is 1. The van der Waals surface area contributed by atoms with Crippen molar-refractivity contribution in [3.63, 3.8) is 0 Å². The average molecular weight is 193 g/mol. The lowest BCUT2D eigenvalue weighted by atomic mass is 10.0. The summed E-state index contributed by atoms with van der Waals surface area (Å²) in [6, 6.07) is 10.6. The summed E-state index contributed by atoms with van der Waals surface area (Å²) in [6.45, 7) is 0. The van der Waals surface area contributed by atoms with Gasteiger partial charge in [0, 0.05) is 12.4 Å². The summed E-state index contributed by atoms with van der Waals surface area (Å²) in [7, 11) is 0. The van der Waals surface area contributed by atoms with Gasteiger partial charge in [0.05, 0.1) is 0 Å². The zero-order valence-corrected chi connectivity index (χ0v) is 8.35. The Balaban J connectivity index is 2.19. The summed E-state index contributed by atoms with van der Waals surface area (Å²) in [5, 5.41) is 0. The first-order chi connectivity index (χ1) is 7.43. The normalized spacial score (nSPS) is 12.8. The van der Waals surface area contributed by atoms with Gasteiger partial charge in [-0.2, -0.15) is 0 Å². The first kappa shape index (κ1) is 8.42. The minimum atomic E-state index is 1.00. The smallest absolute Gasteiger partial charge is 0.0343 e. The minimum absolute atomic E-state index is 1.00. The van der Waals surface area contributed by atoms with E-state index in [0.29, 0.717) is 0 Å². The monoisotopic (exact) mass is 193 g/mol. The summed E-state index contributed by atoms with van der Waals surface area (Å²) < 4.78 is 0. The molecule has 1 heterocycles.